The molecule has 3 aromatic carbocycles. The summed E-state index contributed by atoms with van der Waals surface area (Å²) in [4.78, 5) is 12.8. The molecule has 5 heteroatoms. The van der Waals surface area contributed by atoms with E-state index in [1.54, 1.807) is 4.68 Å². The van der Waals surface area contributed by atoms with Gasteiger partial charge in [0.05, 0.1) is 5.52 Å². The standard InChI is InChI=1S/C22H20N4O/c1-16-11-13-18(14-12-16)22(27)23-21(15-17-7-3-2-4-8-17)26-20-10-6-5-9-19(20)24-25-26/h2-14,21H,15H2,1H3,(H,23,27). The molecule has 4 rings (SSSR count). The number of fused-ring (bicyclic) bond motifs is 1. The Morgan fingerprint density at radius 2 is 1.67 bits per heavy atom. The Morgan fingerprint density at radius 1 is 0.963 bits per heavy atom. The highest BCUT2D eigenvalue weighted by atomic mass is 16.1. The summed E-state index contributed by atoms with van der Waals surface area (Å²) in [5.41, 5.74) is 4.56. The van der Waals surface area contributed by atoms with Crippen molar-refractivity contribution in [2.75, 3.05) is 0 Å². The zero-order valence-electron chi connectivity index (χ0n) is 15.0. The largest absolute Gasteiger partial charge is 0.330 e. The lowest BCUT2D eigenvalue weighted by molar-refractivity contribution is 0.0916. The number of benzene rings is 3. The number of rotatable bonds is 5. The number of aryl methyl sites for hydroxylation is 1. The van der Waals surface area contributed by atoms with Crippen LogP contribution in [0.2, 0.25) is 0 Å². The van der Waals surface area contributed by atoms with Gasteiger partial charge in [0, 0.05) is 12.0 Å². The zero-order valence-corrected chi connectivity index (χ0v) is 15.0. The molecule has 0 aliphatic carbocycles. The van der Waals surface area contributed by atoms with Gasteiger partial charge in [0.25, 0.3) is 5.91 Å². The SMILES string of the molecule is Cc1ccc(C(=O)NC(Cc2ccccc2)n2nnc3ccccc32)cc1. The molecule has 0 saturated heterocycles. The van der Waals surface area contributed by atoms with Gasteiger partial charge >= 0.3 is 0 Å². The first-order chi connectivity index (χ1) is 13.2. The van der Waals surface area contributed by atoms with E-state index in [9.17, 15) is 4.79 Å². The van der Waals surface area contributed by atoms with Gasteiger partial charge in [-0.15, -0.1) is 5.10 Å². The van der Waals surface area contributed by atoms with Crippen LogP contribution >= 0.6 is 0 Å². The van der Waals surface area contributed by atoms with E-state index in [1.165, 1.54) is 0 Å². The summed E-state index contributed by atoms with van der Waals surface area (Å²) >= 11 is 0. The fraction of sp³-hybridized carbons (Fsp3) is 0.136. The highest BCUT2D eigenvalue weighted by Gasteiger charge is 2.19. The quantitative estimate of drug-likeness (QED) is 0.590. The molecule has 0 radical (unpaired) electrons. The first-order valence-electron chi connectivity index (χ1n) is 8.92. The lowest BCUT2D eigenvalue weighted by Gasteiger charge is -2.20. The van der Waals surface area contributed by atoms with Gasteiger partial charge in [-0.2, -0.15) is 0 Å². The topological polar surface area (TPSA) is 59.8 Å². The van der Waals surface area contributed by atoms with E-state index in [0.717, 1.165) is 22.2 Å². The van der Waals surface area contributed by atoms with E-state index < -0.39 is 0 Å². The van der Waals surface area contributed by atoms with Crippen LogP contribution in [-0.4, -0.2) is 20.9 Å². The number of para-hydroxylation sites is 1. The van der Waals surface area contributed by atoms with Crippen LogP contribution in [0.3, 0.4) is 0 Å². The van der Waals surface area contributed by atoms with E-state index >= 15 is 0 Å². The van der Waals surface area contributed by atoms with Crippen LogP contribution in [0.4, 0.5) is 0 Å². The van der Waals surface area contributed by atoms with Crippen LogP contribution < -0.4 is 5.32 Å². The van der Waals surface area contributed by atoms with E-state index in [-0.39, 0.29) is 12.1 Å². The summed E-state index contributed by atoms with van der Waals surface area (Å²) in [6.45, 7) is 2.00. The molecule has 0 bridgehead atoms. The average molecular weight is 356 g/mol. The van der Waals surface area contributed by atoms with Gasteiger partial charge in [-0.3, -0.25) is 4.79 Å². The van der Waals surface area contributed by atoms with E-state index in [1.807, 2.05) is 85.8 Å². The van der Waals surface area contributed by atoms with Gasteiger partial charge < -0.3 is 5.32 Å². The molecule has 5 nitrogen and oxygen atoms in total. The first-order valence-corrected chi connectivity index (χ1v) is 8.92. The Balaban J connectivity index is 1.67. The van der Waals surface area contributed by atoms with Crippen molar-refractivity contribution in [2.24, 2.45) is 0 Å². The molecule has 1 aromatic heterocycles. The summed E-state index contributed by atoms with van der Waals surface area (Å²) in [6.07, 6.45) is 0.278. The highest BCUT2D eigenvalue weighted by Crippen LogP contribution is 2.18. The number of nitrogens with zero attached hydrogens (tertiary/aromatic N) is 3. The smallest absolute Gasteiger partial charge is 0.252 e. The van der Waals surface area contributed by atoms with Crippen LogP contribution in [0, 0.1) is 6.92 Å². The Hall–Kier alpha value is -3.47. The predicted octanol–water partition coefficient (Wildman–Crippen LogP) is 3.91. The average Bonchev–Trinajstić information content (AvgIpc) is 3.13. The Labute approximate surface area is 157 Å². The van der Waals surface area contributed by atoms with Crippen molar-refractivity contribution in [1.29, 1.82) is 0 Å². The van der Waals surface area contributed by atoms with Gasteiger partial charge in [-0.25, -0.2) is 4.68 Å². The molecule has 27 heavy (non-hydrogen) atoms. The monoisotopic (exact) mass is 356 g/mol. The van der Waals surface area contributed by atoms with Gasteiger partial charge in [0.2, 0.25) is 0 Å². The molecule has 0 fully saturated rings. The molecule has 1 heterocycles. The van der Waals surface area contributed by atoms with E-state index in [2.05, 4.69) is 15.6 Å². The summed E-state index contributed by atoms with van der Waals surface area (Å²) in [5, 5.41) is 11.7. The van der Waals surface area contributed by atoms with Crippen molar-refractivity contribution in [3.63, 3.8) is 0 Å². The fourth-order valence-electron chi connectivity index (χ4n) is 3.09. The molecule has 0 aliphatic rings. The van der Waals surface area contributed by atoms with Crippen LogP contribution in [0.15, 0.2) is 78.9 Å². The van der Waals surface area contributed by atoms with Crippen molar-refractivity contribution < 1.29 is 4.79 Å². The maximum absolute atomic E-state index is 12.8. The first kappa shape index (κ1) is 17.0. The summed E-state index contributed by atoms with van der Waals surface area (Å²) in [6, 6.07) is 25.4. The summed E-state index contributed by atoms with van der Waals surface area (Å²) in [5.74, 6) is -0.129. The number of aromatic nitrogens is 3. The normalized spacial score (nSPS) is 12.0. The van der Waals surface area contributed by atoms with Gasteiger partial charge in [0.1, 0.15) is 11.7 Å². The Kier molecular flexibility index (Phi) is 4.66. The molecule has 1 unspecified atom stereocenters. The third kappa shape index (κ3) is 3.72. The number of nitrogens with one attached hydrogen (secondary N) is 1. The molecule has 4 aromatic rings. The minimum Gasteiger partial charge on any atom is -0.330 e. The van der Waals surface area contributed by atoms with Gasteiger partial charge in [-0.1, -0.05) is 65.4 Å². The second-order valence-electron chi connectivity index (χ2n) is 6.57. The number of hydrogen-bond acceptors (Lipinski definition) is 3. The molecule has 0 aliphatic heterocycles. The van der Waals surface area contributed by atoms with Crippen molar-refractivity contribution in [1.82, 2.24) is 20.3 Å². The van der Waals surface area contributed by atoms with Gasteiger partial charge in [-0.05, 0) is 36.8 Å². The minimum atomic E-state index is -0.339. The molecule has 134 valence electrons. The maximum atomic E-state index is 12.8. The van der Waals surface area contributed by atoms with Crippen molar-refractivity contribution >= 4 is 16.9 Å². The van der Waals surface area contributed by atoms with Gasteiger partial charge in [0.15, 0.2) is 0 Å². The van der Waals surface area contributed by atoms with E-state index in [4.69, 9.17) is 0 Å². The molecule has 1 atom stereocenters. The Morgan fingerprint density at radius 3 is 2.44 bits per heavy atom. The molecular formula is C22H20N4O. The fourth-order valence-corrected chi connectivity index (χ4v) is 3.09. The number of hydrogen-bond donors (Lipinski definition) is 1. The number of carbonyl (C=O) groups is 1. The van der Waals surface area contributed by atoms with Crippen LogP contribution in [0.25, 0.3) is 11.0 Å². The third-order valence-corrected chi connectivity index (χ3v) is 4.56. The zero-order chi connectivity index (χ0) is 18.6. The summed E-state index contributed by atoms with van der Waals surface area (Å²) < 4.78 is 1.79. The molecular weight excluding hydrogens is 336 g/mol. The molecule has 1 amide bonds. The maximum Gasteiger partial charge on any atom is 0.252 e. The van der Waals surface area contributed by atoms with E-state index in [0.29, 0.717) is 12.0 Å². The molecule has 0 saturated carbocycles. The molecule has 1 N–H and O–H groups in total. The third-order valence-electron chi connectivity index (χ3n) is 4.56. The lowest BCUT2D eigenvalue weighted by Crippen LogP contribution is -2.34. The summed E-state index contributed by atoms with van der Waals surface area (Å²) in [7, 11) is 0. The number of carbonyl (C=O) groups excluding carboxylic acids is 1. The van der Waals surface area contributed by atoms with Crippen LogP contribution in [0.1, 0.15) is 27.7 Å². The highest BCUT2D eigenvalue weighted by molar-refractivity contribution is 5.94. The van der Waals surface area contributed by atoms with Crippen LogP contribution in [-0.2, 0) is 6.42 Å². The number of amides is 1. The minimum absolute atomic E-state index is 0.129. The van der Waals surface area contributed by atoms with Crippen molar-refractivity contribution in [3.8, 4) is 0 Å². The second kappa shape index (κ2) is 7.41. The molecule has 0 spiro atoms. The van der Waals surface area contributed by atoms with Crippen LogP contribution in [0.5, 0.6) is 0 Å². The van der Waals surface area contributed by atoms with Crippen molar-refractivity contribution in [2.45, 2.75) is 19.5 Å². The second-order valence-corrected chi connectivity index (χ2v) is 6.57. The van der Waals surface area contributed by atoms with Crippen molar-refractivity contribution in [3.05, 3.63) is 95.6 Å². The lowest BCUT2D eigenvalue weighted by atomic mass is 10.1. The predicted molar refractivity (Wildman–Crippen MR) is 105 cm³/mol. The Bertz CT molecular complexity index is 1050.